The van der Waals surface area contributed by atoms with E-state index in [9.17, 15) is 0 Å². The summed E-state index contributed by atoms with van der Waals surface area (Å²) in [5.41, 5.74) is 3.68. The standard InChI is InChI=1S/C13H20S/c1-6-12(4)13(7-2)9-8-11(3)10-14-5/h6,8-9H,1,4,7,10H2,2-3,5H3/b11-8+,13-9-. The van der Waals surface area contributed by atoms with Crippen LogP contribution in [0.25, 0.3) is 0 Å². The van der Waals surface area contributed by atoms with E-state index >= 15 is 0 Å². The van der Waals surface area contributed by atoms with Crippen LogP contribution >= 0.6 is 11.8 Å². The van der Waals surface area contributed by atoms with Crippen LogP contribution < -0.4 is 0 Å². The summed E-state index contributed by atoms with van der Waals surface area (Å²) in [6.07, 6.45) is 9.25. The van der Waals surface area contributed by atoms with Crippen molar-refractivity contribution in [2.45, 2.75) is 20.3 Å². The Morgan fingerprint density at radius 1 is 1.36 bits per heavy atom. The Kier molecular flexibility index (Phi) is 7.31. The molecule has 0 saturated heterocycles. The molecule has 0 aromatic rings. The van der Waals surface area contributed by atoms with E-state index in [1.807, 2.05) is 17.8 Å². The molecule has 0 amide bonds. The first-order valence-electron chi connectivity index (χ1n) is 4.82. The monoisotopic (exact) mass is 208 g/mol. The van der Waals surface area contributed by atoms with E-state index in [1.54, 1.807) is 0 Å². The van der Waals surface area contributed by atoms with Gasteiger partial charge in [-0.2, -0.15) is 11.8 Å². The Balaban J connectivity index is 4.52. The van der Waals surface area contributed by atoms with Crippen LogP contribution in [-0.2, 0) is 0 Å². The molecular weight excluding hydrogens is 188 g/mol. The number of rotatable bonds is 6. The van der Waals surface area contributed by atoms with E-state index in [1.165, 1.54) is 11.1 Å². The van der Waals surface area contributed by atoms with Gasteiger partial charge < -0.3 is 0 Å². The molecule has 14 heavy (non-hydrogen) atoms. The third-order valence-corrected chi connectivity index (χ3v) is 2.72. The molecule has 0 nitrogen and oxygen atoms in total. The number of allylic oxidation sites excluding steroid dienone is 5. The van der Waals surface area contributed by atoms with Crippen molar-refractivity contribution >= 4 is 11.8 Å². The lowest BCUT2D eigenvalue weighted by molar-refractivity contribution is 1.13. The third-order valence-electron chi connectivity index (χ3n) is 1.98. The number of thioether (sulfide) groups is 1. The molecular formula is C13H20S. The van der Waals surface area contributed by atoms with Crippen molar-refractivity contribution in [1.29, 1.82) is 0 Å². The lowest BCUT2D eigenvalue weighted by atomic mass is 10.0. The highest BCUT2D eigenvalue weighted by atomic mass is 32.2. The maximum absolute atomic E-state index is 3.95. The van der Waals surface area contributed by atoms with Gasteiger partial charge in [-0.3, -0.25) is 0 Å². The fourth-order valence-corrected chi connectivity index (χ4v) is 1.65. The molecule has 0 spiro atoms. The summed E-state index contributed by atoms with van der Waals surface area (Å²) in [7, 11) is 0. The minimum Gasteiger partial charge on any atom is -0.161 e. The maximum atomic E-state index is 3.95. The molecule has 0 aromatic carbocycles. The average molecular weight is 208 g/mol. The van der Waals surface area contributed by atoms with Gasteiger partial charge in [0.25, 0.3) is 0 Å². The summed E-state index contributed by atoms with van der Waals surface area (Å²) < 4.78 is 0. The second-order valence-electron chi connectivity index (χ2n) is 3.22. The molecule has 1 heteroatoms. The normalized spacial score (nSPS) is 12.8. The molecule has 0 aromatic heterocycles. The molecule has 0 bridgehead atoms. The highest BCUT2D eigenvalue weighted by Gasteiger charge is 1.94. The quantitative estimate of drug-likeness (QED) is 0.584. The first-order valence-corrected chi connectivity index (χ1v) is 6.22. The van der Waals surface area contributed by atoms with Gasteiger partial charge in [0.05, 0.1) is 0 Å². The molecule has 0 radical (unpaired) electrons. The number of hydrogen-bond acceptors (Lipinski definition) is 1. The summed E-state index contributed by atoms with van der Waals surface area (Å²) in [5, 5.41) is 0. The van der Waals surface area contributed by atoms with Gasteiger partial charge in [-0.15, -0.1) is 0 Å². The highest BCUT2D eigenvalue weighted by molar-refractivity contribution is 7.98. The summed E-state index contributed by atoms with van der Waals surface area (Å²) in [5.74, 6) is 1.09. The van der Waals surface area contributed by atoms with Crippen molar-refractivity contribution in [3.63, 3.8) is 0 Å². The fourth-order valence-electron chi connectivity index (χ4n) is 1.10. The van der Waals surface area contributed by atoms with Crippen molar-refractivity contribution in [3.8, 4) is 0 Å². The van der Waals surface area contributed by atoms with Gasteiger partial charge in [-0.25, -0.2) is 0 Å². The predicted molar refractivity (Wildman–Crippen MR) is 69.9 cm³/mol. The molecule has 0 unspecified atom stereocenters. The Bertz CT molecular complexity index is 256. The van der Waals surface area contributed by atoms with Crippen LogP contribution in [0.4, 0.5) is 0 Å². The molecule has 0 N–H and O–H groups in total. The zero-order chi connectivity index (χ0) is 11.0. The molecule has 0 heterocycles. The van der Waals surface area contributed by atoms with Crippen LogP contribution in [0.5, 0.6) is 0 Å². The van der Waals surface area contributed by atoms with Gasteiger partial charge >= 0.3 is 0 Å². The molecule has 0 rings (SSSR count). The molecule has 0 atom stereocenters. The van der Waals surface area contributed by atoms with Crippen molar-refractivity contribution in [3.05, 3.63) is 48.1 Å². The zero-order valence-electron chi connectivity index (χ0n) is 9.47. The van der Waals surface area contributed by atoms with Crippen molar-refractivity contribution < 1.29 is 0 Å². The van der Waals surface area contributed by atoms with E-state index in [-0.39, 0.29) is 0 Å². The van der Waals surface area contributed by atoms with Gasteiger partial charge in [0.1, 0.15) is 0 Å². The molecule has 78 valence electrons. The van der Waals surface area contributed by atoms with E-state index in [4.69, 9.17) is 0 Å². The fraction of sp³-hybridized carbons (Fsp3) is 0.385. The SMILES string of the molecule is C=CC(=C)/C(=C\C=C(/C)CSC)CC. The second-order valence-corrected chi connectivity index (χ2v) is 4.09. The maximum Gasteiger partial charge on any atom is 0.0140 e. The Morgan fingerprint density at radius 2 is 2.00 bits per heavy atom. The van der Waals surface area contributed by atoms with Crippen LogP contribution in [0.3, 0.4) is 0 Å². The molecule has 0 saturated carbocycles. The lowest BCUT2D eigenvalue weighted by Gasteiger charge is -2.02. The number of hydrogen-bond donors (Lipinski definition) is 0. The largest absolute Gasteiger partial charge is 0.161 e. The topological polar surface area (TPSA) is 0 Å². The summed E-state index contributed by atoms with van der Waals surface area (Å²) in [6, 6.07) is 0. The zero-order valence-corrected chi connectivity index (χ0v) is 10.3. The smallest absolute Gasteiger partial charge is 0.0140 e. The molecule has 0 fully saturated rings. The summed E-state index contributed by atoms with van der Waals surface area (Å²) in [4.78, 5) is 0. The van der Waals surface area contributed by atoms with Gasteiger partial charge in [0.2, 0.25) is 0 Å². The van der Waals surface area contributed by atoms with Crippen molar-refractivity contribution in [1.82, 2.24) is 0 Å². The van der Waals surface area contributed by atoms with E-state index in [2.05, 4.69) is 45.4 Å². The van der Waals surface area contributed by atoms with Gasteiger partial charge in [-0.1, -0.05) is 43.9 Å². The lowest BCUT2D eigenvalue weighted by Crippen LogP contribution is -1.83. The predicted octanol–water partition coefficient (Wildman–Crippen LogP) is 4.37. The highest BCUT2D eigenvalue weighted by Crippen LogP contribution is 2.13. The van der Waals surface area contributed by atoms with Crippen molar-refractivity contribution in [2.24, 2.45) is 0 Å². The van der Waals surface area contributed by atoms with Crippen LogP contribution in [0.15, 0.2) is 48.1 Å². The first kappa shape index (κ1) is 13.3. The van der Waals surface area contributed by atoms with Gasteiger partial charge in [0, 0.05) is 5.75 Å². The Labute approximate surface area is 92.5 Å². The Morgan fingerprint density at radius 3 is 2.43 bits per heavy atom. The Hall–Kier alpha value is -0.690. The second kappa shape index (κ2) is 7.69. The summed E-state index contributed by atoms with van der Waals surface area (Å²) in [6.45, 7) is 12.0. The van der Waals surface area contributed by atoms with Gasteiger partial charge in [0.15, 0.2) is 0 Å². The van der Waals surface area contributed by atoms with E-state index in [0.717, 1.165) is 17.7 Å². The van der Waals surface area contributed by atoms with E-state index in [0.29, 0.717) is 0 Å². The minimum atomic E-state index is 1.01. The van der Waals surface area contributed by atoms with Crippen LogP contribution in [0.2, 0.25) is 0 Å². The third kappa shape index (κ3) is 5.13. The summed E-state index contributed by atoms with van der Waals surface area (Å²) >= 11 is 1.84. The molecule has 0 aliphatic heterocycles. The van der Waals surface area contributed by atoms with Crippen molar-refractivity contribution in [2.75, 3.05) is 12.0 Å². The first-order chi connectivity index (χ1) is 6.65. The van der Waals surface area contributed by atoms with Crippen LogP contribution in [-0.4, -0.2) is 12.0 Å². The van der Waals surface area contributed by atoms with Crippen LogP contribution in [0.1, 0.15) is 20.3 Å². The minimum absolute atomic E-state index is 1.01. The average Bonchev–Trinajstić information content (AvgIpc) is 2.18. The van der Waals surface area contributed by atoms with E-state index < -0.39 is 0 Å². The molecule has 0 aliphatic rings. The molecule has 0 aliphatic carbocycles. The van der Waals surface area contributed by atoms with Crippen LogP contribution in [0, 0.1) is 0 Å². The van der Waals surface area contributed by atoms with Gasteiger partial charge in [-0.05, 0) is 30.7 Å².